The Morgan fingerprint density at radius 1 is 1.21 bits per heavy atom. The third kappa shape index (κ3) is 2.89. The molecule has 0 spiro atoms. The van der Waals surface area contributed by atoms with Crippen LogP contribution in [0.1, 0.15) is 35.5 Å². The Morgan fingerprint density at radius 2 is 2.00 bits per heavy atom. The summed E-state index contributed by atoms with van der Waals surface area (Å²) in [5.74, 6) is -0.0733. The normalized spacial score (nSPS) is 14.8. The number of nitrogens with zero attached hydrogens (tertiary/aromatic N) is 4. The van der Waals surface area contributed by atoms with E-state index in [4.69, 9.17) is 5.73 Å². The van der Waals surface area contributed by atoms with Crippen LogP contribution < -0.4 is 10.6 Å². The van der Waals surface area contributed by atoms with Gasteiger partial charge in [0.05, 0.1) is 5.69 Å². The molecule has 6 nitrogen and oxygen atoms in total. The van der Waals surface area contributed by atoms with E-state index in [1.807, 2.05) is 30.9 Å². The van der Waals surface area contributed by atoms with Crippen LogP contribution in [-0.4, -0.2) is 27.4 Å². The number of carbonyl (C=O) groups is 1. The quantitative estimate of drug-likeness (QED) is 0.755. The molecule has 28 heavy (non-hydrogen) atoms. The highest BCUT2D eigenvalue weighted by Gasteiger charge is 2.38. The number of primary amides is 1. The second-order valence-corrected chi connectivity index (χ2v) is 7.54. The van der Waals surface area contributed by atoms with E-state index < -0.39 is 5.91 Å². The maximum absolute atomic E-state index is 13.9. The molecule has 4 rings (SSSR count). The molecule has 1 aliphatic heterocycles. The minimum absolute atomic E-state index is 0.257. The first-order valence-electron chi connectivity index (χ1n) is 8.95. The van der Waals surface area contributed by atoms with Crippen molar-refractivity contribution in [3.63, 3.8) is 0 Å². The maximum Gasteiger partial charge on any atom is 0.254 e. The Kier molecular flexibility index (Phi) is 4.10. The van der Waals surface area contributed by atoms with Gasteiger partial charge in [0.2, 0.25) is 0 Å². The molecule has 0 saturated carbocycles. The van der Waals surface area contributed by atoms with E-state index in [1.54, 1.807) is 25.3 Å². The summed E-state index contributed by atoms with van der Waals surface area (Å²) in [4.78, 5) is 27.5. The van der Waals surface area contributed by atoms with Crippen LogP contribution in [-0.2, 0) is 5.41 Å². The lowest BCUT2D eigenvalue weighted by molar-refractivity contribution is 0.0999. The average molecular weight is 377 g/mol. The fourth-order valence-corrected chi connectivity index (χ4v) is 3.69. The summed E-state index contributed by atoms with van der Waals surface area (Å²) >= 11 is 0. The Morgan fingerprint density at radius 3 is 2.68 bits per heavy atom. The summed E-state index contributed by atoms with van der Waals surface area (Å²) in [6.45, 7) is 6.32. The maximum atomic E-state index is 13.9. The van der Waals surface area contributed by atoms with E-state index in [-0.39, 0.29) is 16.8 Å². The highest BCUT2D eigenvalue weighted by atomic mass is 19.1. The van der Waals surface area contributed by atoms with Crippen LogP contribution in [0.15, 0.2) is 42.6 Å². The van der Waals surface area contributed by atoms with Gasteiger partial charge in [0.25, 0.3) is 5.91 Å². The van der Waals surface area contributed by atoms with Crippen LogP contribution in [0, 0.1) is 12.7 Å². The molecule has 142 valence electrons. The van der Waals surface area contributed by atoms with E-state index in [2.05, 4.69) is 15.0 Å². The van der Waals surface area contributed by atoms with Gasteiger partial charge in [0.1, 0.15) is 22.9 Å². The Bertz CT molecular complexity index is 1080. The number of hydrogen-bond acceptors (Lipinski definition) is 5. The van der Waals surface area contributed by atoms with E-state index in [9.17, 15) is 9.18 Å². The van der Waals surface area contributed by atoms with Gasteiger partial charge in [-0.3, -0.25) is 9.78 Å². The number of pyridine rings is 1. The SMILES string of the molecule is Cc1nc(-c2ccccn2)nc(N2CC(C)(C)c3cc(F)ccc32)c1C(N)=O. The van der Waals surface area contributed by atoms with Crippen molar-refractivity contribution in [3.05, 3.63) is 65.2 Å². The lowest BCUT2D eigenvalue weighted by Crippen LogP contribution is -2.29. The van der Waals surface area contributed by atoms with Gasteiger partial charge in [-0.25, -0.2) is 14.4 Å². The summed E-state index contributed by atoms with van der Waals surface area (Å²) in [5, 5.41) is 0. The second kappa shape index (κ2) is 6.37. The van der Waals surface area contributed by atoms with Crippen molar-refractivity contribution in [2.24, 2.45) is 5.73 Å². The van der Waals surface area contributed by atoms with Gasteiger partial charge in [-0.05, 0) is 42.8 Å². The molecule has 1 aliphatic rings. The largest absolute Gasteiger partial charge is 0.365 e. The monoisotopic (exact) mass is 377 g/mol. The van der Waals surface area contributed by atoms with E-state index in [1.165, 1.54) is 12.1 Å². The minimum Gasteiger partial charge on any atom is -0.365 e. The van der Waals surface area contributed by atoms with Crippen LogP contribution in [0.25, 0.3) is 11.5 Å². The van der Waals surface area contributed by atoms with Gasteiger partial charge in [0.15, 0.2) is 5.82 Å². The van der Waals surface area contributed by atoms with Gasteiger partial charge >= 0.3 is 0 Å². The van der Waals surface area contributed by atoms with Gasteiger partial charge in [-0.1, -0.05) is 19.9 Å². The number of carbonyl (C=O) groups excluding carboxylic acids is 1. The molecule has 2 N–H and O–H groups in total. The van der Waals surface area contributed by atoms with Gasteiger partial charge < -0.3 is 10.6 Å². The molecule has 1 amide bonds. The fraction of sp³-hybridized carbons (Fsp3) is 0.238. The van der Waals surface area contributed by atoms with Gasteiger partial charge in [-0.2, -0.15) is 0 Å². The molecule has 7 heteroatoms. The van der Waals surface area contributed by atoms with Crippen molar-refractivity contribution < 1.29 is 9.18 Å². The number of anilines is 2. The Hall–Kier alpha value is -3.35. The molecule has 0 radical (unpaired) electrons. The Balaban J connectivity index is 1.95. The number of benzene rings is 1. The molecule has 0 aliphatic carbocycles. The first-order valence-corrected chi connectivity index (χ1v) is 8.95. The summed E-state index contributed by atoms with van der Waals surface area (Å²) in [7, 11) is 0. The summed E-state index contributed by atoms with van der Waals surface area (Å²) < 4.78 is 13.9. The number of amides is 1. The predicted molar refractivity (Wildman–Crippen MR) is 105 cm³/mol. The zero-order valence-corrected chi connectivity index (χ0v) is 15.9. The molecular weight excluding hydrogens is 357 g/mol. The van der Waals surface area contributed by atoms with E-state index in [0.29, 0.717) is 29.6 Å². The van der Waals surface area contributed by atoms with Crippen molar-refractivity contribution in [3.8, 4) is 11.5 Å². The number of fused-ring (bicyclic) bond motifs is 1. The third-order valence-corrected chi connectivity index (χ3v) is 5.00. The molecule has 1 aromatic carbocycles. The topological polar surface area (TPSA) is 85.0 Å². The highest BCUT2D eigenvalue weighted by Crippen LogP contribution is 2.45. The predicted octanol–water partition coefficient (Wildman–Crippen LogP) is 3.51. The van der Waals surface area contributed by atoms with Crippen molar-refractivity contribution in [2.45, 2.75) is 26.2 Å². The van der Waals surface area contributed by atoms with E-state index >= 15 is 0 Å². The average Bonchev–Trinajstić information content (AvgIpc) is 2.92. The zero-order valence-electron chi connectivity index (χ0n) is 15.9. The summed E-state index contributed by atoms with van der Waals surface area (Å²) in [5.41, 5.74) is 8.34. The smallest absolute Gasteiger partial charge is 0.254 e. The number of aryl methyl sites for hydroxylation is 1. The summed E-state index contributed by atoms with van der Waals surface area (Å²) in [6.07, 6.45) is 1.66. The van der Waals surface area contributed by atoms with Crippen LogP contribution in [0.4, 0.5) is 15.9 Å². The first kappa shape index (κ1) is 18.0. The number of rotatable bonds is 3. The molecule has 3 aromatic rings. The van der Waals surface area contributed by atoms with E-state index in [0.717, 1.165) is 11.3 Å². The van der Waals surface area contributed by atoms with Crippen LogP contribution >= 0.6 is 0 Å². The molecule has 0 unspecified atom stereocenters. The fourth-order valence-electron chi connectivity index (χ4n) is 3.69. The van der Waals surface area contributed by atoms with Crippen molar-refractivity contribution in [1.82, 2.24) is 15.0 Å². The Labute approximate surface area is 162 Å². The van der Waals surface area contributed by atoms with Crippen LogP contribution in [0.2, 0.25) is 0 Å². The van der Waals surface area contributed by atoms with Gasteiger partial charge in [-0.15, -0.1) is 0 Å². The second-order valence-electron chi connectivity index (χ2n) is 7.54. The van der Waals surface area contributed by atoms with Crippen molar-refractivity contribution in [1.29, 1.82) is 0 Å². The summed E-state index contributed by atoms with van der Waals surface area (Å²) in [6, 6.07) is 10.1. The van der Waals surface area contributed by atoms with Crippen LogP contribution in [0.3, 0.4) is 0 Å². The molecule has 0 bridgehead atoms. The number of nitrogens with two attached hydrogens (primary N) is 1. The molecule has 2 aromatic heterocycles. The lowest BCUT2D eigenvalue weighted by atomic mass is 9.87. The molecular formula is C21H20FN5O. The van der Waals surface area contributed by atoms with Crippen molar-refractivity contribution >= 4 is 17.4 Å². The van der Waals surface area contributed by atoms with Gasteiger partial charge in [0, 0.05) is 23.8 Å². The number of aromatic nitrogens is 3. The highest BCUT2D eigenvalue weighted by molar-refractivity contribution is 6.00. The molecule has 0 fully saturated rings. The molecule has 0 saturated heterocycles. The first-order chi connectivity index (χ1) is 13.3. The van der Waals surface area contributed by atoms with Crippen molar-refractivity contribution in [2.75, 3.05) is 11.4 Å². The molecule has 3 heterocycles. The number of hydrogen-bond donors (Lipinski definition) is 1. The minimum atomic E-state index is -0.603. The number of halogens is 1. The lowest BCUT2D eigenvalue weighted by Gasteiger charge is -2.24. The third-order valence-electron chi connectivity index (χ3n) is 5.00. The zero-order chi connectivity index (χ0) is 20.1. The van der Waals surface area contributed by atoms with Crippen LogP contribution in [0.5, 0.6) is 0 Å². The standard InChI is InChI=1S/C21H20FN5O/c1-12-17(18(23)28)20(26-19(25-12)15-6-4-5-9-24-15)27-11-21(2,3)14-10-13(22)7-8-16(14)27/h4-10H,11H2,1-3H3,(H2,23,28). The molecule has 0 atom stereocenters.